The zero-order valence-corrected chi connectivity index (χ0v) is 8.40. The molecule has 1 rings (SSSR count). The highest BCUT2D eigenvalue weighted by Gasteiger charge is 2.09. The minimum atomic E-state index is -0.892. The van der Waals surface area contributed by atoms with Crippen LogP contribution in [0.25, 0.3) is 0 Å². The maximum absolute atomic E-state index is 10.6. The van der Waals surface area contributed by atoms with E-state index in [0.717, 1.165) is 11.3 Å². The van der Waals surface area contributed by atoms with Crippen LogP contribution >= 0.6 is 0 Å². The summed E-state index contributed by atoms with van der Waals surface area (Å²) >= 11 is 0. The van der Waals surface area contributed by atoms with Gasteiger partial charge in [0.2, 0.25) is 0 Å². The monoisotopic (exact) mass is 204 g/mol. The van der Waals surface area contributed by atoms with E-state index < -0.39 is 12.0 Å². The zero-order valence-electron chi connectivity index (χ0n) is 8.40. The van der Waals surface area contributed by atoms with Crippen LogP contribution in [0.1, 0.15) is 12.5 Å². The molecule has 0 amide bonds. The van der Waals surface area contributed by atoms with Crippen molar-refractivity contribution in [1.29, 1.82) is 5.26 Å². The summed E-state index contributed by atoms with van der Waals surface area (Å²) in [6.07, 6.45) is 0.370. The Kier molecular flexibility index (Phi) is 3.69. The number of carboxylic acids is 1. The first-order valence-electron chi connectivity index (χ1n) is 4.58. The number of anilines is 1. The number of hydrogen-bond donors (Lipinski definition) is 2. The molecule has 4 nitrogen and oxygen atoms in total. The van der Waals surface area contributed by atoms with Gasteiger partial charge in [0, 0.05) is 5.69 Å². The summed E-state index contributed by atoms with van der Waals surface area (Å²) in [5, 5.41) is 20.0. The standard InChI is InChI=1S/C11H12N2O2/c1-8(11(14)15)13-10-4-2-9(3-5-10)6-7-12/h2-5,8,13H,6H2,1H3,(H,14,15). The Balaban J connectivity index is 2.65. The molecule has 0 aliphatic carbocycles. The fourth-order valence-electron chi connectivity index (χ4n) is 1.12. The summed E-state index contributed by atoms with van der Waals surface area (Å²) in [6.45, 7) is 1.57. The minimum Gasteiger partial charge on any atom is -0.480 e. The molecule has 0 saturated heterocycles. The first-order valence-corrected chi connectivity index (χ1v) is 4.58. The van der Waals surface area contributed by atoms with Gasteiger partial charge in [-0.15, -0.1) is 0 Å². The maximum Gasteiger partial charge on any atom is 0.325 e. The fourth-order valence-corrected chi connectivity index (χ4v) is 1.12. The highest BCUT2D eigenvalue weighted by molar-refractivity contribution is 5.76. The van der Waals surface area contributed by atoms with E-state index >= 15 is 0 Å². The lowest BCUT2D eigenvalue weighted by molar-refractivity contribution is -0.137. The number of aliphatic carboxylic acids is 1. The third-order valence-corrected chi connectivity index (χ3v) is 1.99. The Hall–Kier alpha value is -2.02. The number of nitrogens with one attached hydrogen (secondary N) is 1. The van der Waals surface area contributed by atoms with Crippen molar-refractivity contribution in [1.82, 2.24) is 0 Å². The number of benzene rings is 1. The highest BCUT2D eigenvalue weighted by Crippen LogP contribution is 2.11. The lowest BCUT2D eigenvalue weighted by Gasteiger charge is -2.10. The molecule has 0 bridgehead atoms. The highest BCUT2D eigenvalue weighted by atomic mass is 16.4. The molecular weight excluding hydrogens is 192 g/mol. The maximum atomic E-state index is 10.6. The average Bonchev–Trinajstić information content (AvgIpc) is 2.21. The lowest BCUT2D eigenvalue weighted by Crippen LogP contribution is -2.25. The lowest BCUT2D eigenvalue weighted by atomic mass is 10.1. The number of carbonyl (C=O) groups is 1. The molecule has 0 aliphatic rings. The summed E-state index contributed by atoms with van der Waals surface area (Å²) in [5.41, 5.74) is 1.66. The van der Waals surface area contributed by atoms with Crippen LogP contribution in [-0.4, -0.2) is 17.1 Å². The Morgan fingerprint density at radius 1 is 1.53 bits per heavy atom. The van der Waals surface area contributed by atoms with E-state index in [1.54, 1.807) is 31.2 Å². The molecule has 0 aromatic heterocycles. The Morgan fingerprint density at radius 3 is 2.60 bits per heavy atom. The second-order valence-electron chi connectivity index (χ2n) is 3.24. The van der Waals surface area contributed by atoms with Crippen molar-refractivity contribution >= 4 is 11.7 Å². The second-order valence-corrected chi connectivity index (χ2v) is 3.24. The van der Waals surface area contributed by atoms with Gasteiger partial charge < -0.3 is 10.4 Å². The van der Waals surface area contributed by atoms with Gasteiger partial charge in [0.15, 0.2) is 0 Å². The molecule has 1 unspecified atom stereocenters. The Bertz CT molecular complexity index is 379. The minimum absolute atomic E-state index is 0.370. The second kappa shape index (κ2) is 5.01. The molecule has 0 aliphatic heterocycles. The van der Waals surface area contributed by atoms with E-state index in [4.69, 9.17) is 10.4 Å². The average molecular weight is 204 g/mol. The van der Waals surface area contributed by atoms with Crippen LogP contribution in [0, 0.1) is 11.3 Å². The van der Waals surface area contributed by atoms with Crippen LogP contribution in [0.2, 0.25) is 0 Å². The number of carboxylic acid groups (broad SMARTS) is 1. The van der Waals surface area contributed by atoms with Crippen molar-refractivity contribution < 1.29 is 9.90 Å². The number of nitriles is 1. The zero-order chi connectivity index (χ0) is 11.3. The molecule has 0 radical (unpaired) electrons. The molecule has 0 fully saturated rings. The molecule has 0 saturated carbocycles. The van der Waals surface area contributed by atoms with Gasteiger partial charge in [0.25, 0.3) is 0 Å². The van der Waals surface area contributed by atoms with Crippen LogP contribution in [-0.2, 0) is 11.2 Å². The van der Waals surface area contributed by atoms with E-state index in [0.29, 0.717) is 6.42 Å². The van der Waals surface area contributed by atoms with E-state index in [-0.39, 0.29) is 0 Å². The number of nitrogens with zero attached hydrogens (tertiary/aromatic N) is 1. The van der Waals surface area contributed by atoms with Crippen LogP contribution in [0.15, 0.2) is 24.3 Å². The molecule has 2 N–H and O–H groups in total. The molecule has 1 atom stereocenters. The first-order chi connectivity index (χ1) is 7.13. The van der Waals surface area contributed by atoms with Gasteiger partial charge >= 0.3 is 5.97 Å². The smallest absolute Gasteiger partial charge is 0.325 e. The van der Waals surface area contributed by atoms with E-state index in [1.807, 2.05) is 6.07 Å². The largest absolute Gasteiger partial charge is 0.480 e. The van der Waals surface area contributed by atoms with Crippen LogP contribution in [0.4, 0.5) is 5.69 Å². The molecular formula is C11H12N2O2. The predicted molar refractivity (Wildman–Crippen MR) is 56.5 cm³/mol. The summed E-state index contributed by atoms with van der Waals surface area (Å²) in [6, 6.07) is 8.58. The third-order valence-electron chi connectivity index (χ3n) is 1.99. The van der Waals surface area contributed by atoms with Gasteiger partial charge in [-0.3, -0.25) is 4.79 Å². The fraction of sp³-hybridized carbons (Fsp3) is 0.273. The summed E-state index contributed by atoms with van der Waals surface area (Å²) in [7, 11) is 0. The normalized spacial score (nSPS) is 11.5. The van der Waals surface area contributed by atoms with Crippen molar-refractivity contribution in [3.8, 4) is 6.07 Å². The molecule has 0 spiro atoms. The Morgan fingerprint density at radius 2 is 2.13 bits per heavy atom. The molecule has 15 heavy (non-hydrogen) atoms. The predicted octanol–water partition coefficient (Wildman–Crippen LogP) is 1.64. The number of rotatable bonds is 4. The van der Waals surface area contributed by atoms with E-state index in [9.17, 15) is 4.79 Å². The van der Waals surface area contributed by atoms with E-state index in [1.165, 1.54) is 0 Å². The van der Waals surface area contributed by atoms with Gasteiger partial charge in [0.1, 0.15) is 6.04 Å². The third kappa shape index (κ3) is 3.31. The van der Waals surface area contributed by atoms with Gasteiger partial charge in [-0.05, 0) is 24.6 Å². The van der Waals surface area contributed by atoms with Crippen molar-refractivity contribution in [2.24, 2.45) is 0 Å². The Labute approximate surface area is 88.2 Å². The molecule has 1 aromatic carbocycles. The van der Waals surface area contributed by atoms with Gasteiger partial charge in [0.05, 0.1) is 12.5 Å². The summed E-state index contributed by atoms with van der Waals surface area (Å²) in [4.78, 5) is 10.6. The quantitative estimate of drug-likeness (QED) is 0.781. The van der Waals surface area contributed by atoms with Gasteiger partial charge in [-0.1, -0.05) is 12.1 Å². The first kappa shape index (κ1) is 11.1. The van der Waals surface area contributed by atoms with Crippen LogP contribution < -0.4 is 5.32 Å². The summed E-state index contributed by atoms with van der Waals surface area (Å²) in [5.74, 6) is -0.892. The number of hydrogen-bond acceptors (Lipinski definition) is 3. The van der Waals surface area contributed by atoms with Gasteiger partial charge in [-0.2, -0.15) is 5.26 Å². The van der Waals surface area contributed by atoms with Crippen molar-refractivity contribution in [2.75, 3.05) is 5.32 Å². The molecule has 78 valence electrons. The molecule has 0 heterocycles. The van der Waals surface area contributed by atoms with Crippen molar-refractivity contribution in [2.45, 2.75) is 19.4 Å². The van der Waals surface area contributed by atoms with Crippen LogP contribution in [0.5, 0.6) is 0 Å². The molecule has 1 aromatic rings. The van der Waals surface area contributed by atoms with Crippen molar-refractivity contribution in [3.05, 3.63) is 29.8 Å². The SMILES string of the molecule is CC(Nc1ccc(CC#N)cc1)C(=O)O. The van der Waals surface area contributed by atoms with Gasteiger partial charge in [-0.25, -0.2) is 0 Å². The topological polar surface area (TPSA) is 73.1 Å². The molecule has 4 heteroatoms. The summed E-state index contributed by atoms with van der Waals surface area (Å²) < 4.78 is 0. The van der Waals surface area contributed by atoms with Crippen LogP contribution in [0.3, 0.4) is 0 Å². The van der Waals surface area contributed by atoms with E-state index in [2.05, 4.69) is 5.32 Å². The van der Waals surface area contributed by atoms with Crippen molar-refractivity contribution in [3.63, 3.8) is 0 Å².